The second kappa shape index (κ2) is 6.24. The number of benzene rings is 1. The van der Waals surface area contributed by atoms with E-state index in [1.807, 2.05) is 6.07 Å². The van der Waals surface area contributed by atoms with E-state index in [1.54, 1.807) is 0 Å². The molecule has 0 unspecified atom stereocenters. The van der Waals surface area contributed by atoms with Crippen LogP contribution in [0.1, 0.15) is 52.7 Å². The zero-order valence-electron chi connectivity index (χ0n) is 14.9. The lowest BCUT2D eigenvalue weighted by Crippen LogP contribution is -2.15. The molecule has 0 amide bonds. The molecule has 2 aromatic rings. The molecular formula is C21H29N. The molecule has 22 heavy (non-hydrogen) atoms. The molecule has 0 atom stereocenters. The van der Waals surface area contributed by atoms with Gasteiger partial charge in [-0.3, -0.25) is 4.98 Å². The summed E-state index contributed by atoms with van der Waals surface area (Å²) in [4.78, 5) is 4.72. The summed E-state index contributed by atoms with van der Waals surface area (Å²) in [5.41, 5.74) is 5.67. The fourth-order valence-electron chi connectivity index (χ4n) is 2.76. The number of nitrogens with zero attached hydrogens (tertiary/aromatic N) is 1. The summed E-state index contributed by atoms with van der Waals surface area (Å²) in [7, 11) is 0. The van der Waals surface area contributed by atoms with E-state index in [0.29, 0.717) is 0 Å². The minimum Gasteiger partial charge on any atom is -0.256 e. The first-order chi connectivity index (χ1) is 10.1. The number of hydrogen-bond donors (Lipinski definition) is 0. The summed E-state index contributed by atoms with van der Waals surface area (Å²) >= 11 is 0. The fourth-order valence-corrected chi connectivity index (χ4v) is 2.76. The molecule has 1 aromatic carbocycles. The first-order valence-corrected chi connectivity index (χ1v) is 8.17. The van der Waals surface area contributed by atoms with E-state index < -0.39 is 0 Å². The molecule has 0 aliphatic heterocycles. The second-order valence-electron chi connectivity index (χ2n) is 8.68. The Hall–Kier alpha value is -1.63. The van der Waals surface area contributed by atoms with Crippen LogP contribution in [0, 0.1) is 10.8 Å². The van der Waals surface area contributed by atoms with Gasteiger partial charge in [-0.1, -0.05) is 71.9 Å². The molecule has 0 saturated heterocycles. The van der Waals surface area contributed by atoms with Crippen molar-refractivity contribution in [2.24, 2.45) is 10.8 Å². The van der Waals surface area contributed by atoms with Crippen molar-refractivity contribution in [3.8, 4) is 11.3 Å². The third kappa shape index (κ3) is 4.98. The molecule has 118 valence electrons. The average Bonchev–Trinajstić information content (AvgIpc) is 2.38. The zero-order chi connectivity index (χ0) is 16.4. The van der Waals surface area contributed by atoms with Crippen molar-refractivity contribution >= 4 is 0 Å². The minimum atomic E-state index is 0.280. The molecule has 0 fully saturated rings. The molecule has 0 aliphatic carbocycles. The monoisotopic (exact) mass is 295 g/mol. The summed E-state index contributed by atoms with van der Waals surface area (Å²) in [5.74, 6) is 0. The van der Waals surface area contributed by atoms with Gasteiger partial charge in [0.25, 0.3) is 0 Å². The van der Waals surface area contributed by atoms with Crippen LogP contribution in [0.4, 0.5) is 0 Å². The minimum absolute atomic E-state index is 0.280. The number of pyridine rings is 1. The van der Waals surface area contributed by atoms with E-state index in [2.05, 4.69) is 78.1 Å². The van der Waals surface area contributed by atoms with E-state index in [9.17, 15) is 0 Å². The van der Waals surface area contributed by atoms with Gasteiger partial charge in [-0.05, 0) is 40.9 Å². The smallest absolute Gasteiger partial charge is 0.0704 e. The summed E-state index contributed by atoms with van der Waals surface area (Å²) in [5, 5.41) is 0. The predicted octanol–water partition coefficient (Wildman–Crippen LogP) is 5.93. The van der Waals surface area contributed by atoms with Crippen LogP contribution >= 0.6 is 0 Å². The van der Waals surface area contributed by atoms with E-state index in [4.69, 9.17) is 4.98 Å². The lowest BCUT2D eigenvalue weighted by atomic mass is 9.81. The molecule has 0 spiro atoms. The highest BCUT2D eigenvalue weighted by Gasteiger charge is 2.19. The van der Waals surface area contributed by atoms with E-state index in [0.717, 1.165) is 18.5 Å². The normalized spacial score (nSPS) is 12.5. The zero-order valence-corrected chi connectivity index (χ0v) is 14.9. The molecule has 0 bridgehead atoms. The summed E-state index contributed by atoms with van der Waals surface area (Å²) in [6, 6.07) is 12.8. The van der Waals surface area contributed by atoms with Gasteiger partial charge >= 0.3 is 0 Å². The average molecular weight is 295 g/mol. The van der Waals surface area contributed by atoms with Gasteiger partial charge < -0.3 is 0 Å². The second-order valence-corrected chi connectivity index (χ2v) is 8.68. The van der Waals surface area contributed by atoms with Crippen molar-refractivity contribution in [3.63, 3.8) is 0 Å². The van der Waals surface area contributed by atoms with Crippen LogP contribution < -0.4 is 0 Å². The van der Waals surface area contributed by atoms with Crippen LogP contribution in [-0.4, -0.2) is 4.98 Å². The van der Waals surface area contributed by atoms with Gasteiger partial charge in [-0.25, -0.2) is 0 Å². The van der Waals surface area contributed by atoms with Gasteiger partial charge in [0.05, 0.1) is 5.69 Å². The maximum atomic E-state index is 4.72. The van der Waals surface area contributed by atoms with Crippen LogP contribution in [0.25, 0.3) is 11.3 Å². The van der Waals surface area contributed by atoms with Crippen molar-refractivity contribution in [1.29, 1.82) is 0 Å². The van der Waals surface area contributed by atoms with Crippen molar-refractivity contribution in [3.05, 3.63) is 53.7 Å². The van der Waals surface area contributed by atoms with E-state index in [-0.39, 0.29) is 10.8 Å². The van der Waals surface area contributed by atoms with Crippen molar-refractivity contribution < 1.29 is 0 Å². The van der Waals surface area contributed by atoms with Gasteiger partial charge in [0.15, 0.2) is 0 Å². The Bertz CT molecular complexity index is 613. The van der Waals surface area contributed by atoms with Crippen LogP contribution in [0.3, 0.4) is 0 Å². The Morgan fingerprint density at radius 2 is 1.32 bits per heavy atom. The highest BCUT2D eigenvalue weighted by molar-refractivity contribution is 5.60. The summed E-state index contributed by atoms with van der Waals surface area (Å²) in [6.07, 6.45) is 4.25. The van der Waals surface area contributed by atoms with Gasteiger partial charge in [0.2, 0.25) is 0 Å². The van der Waals surface area contributed by atoms with Crippen LogP contribution in [0.5, 0.6) is 0 Å². The van der Waals surface area contributed by atoms with Crippen LogP contribution in [0.2, 0.25) is 0 Å². The third-order valence-electron chi connectivity index (χ3n) is 3.59. The van der Waals surface area contributed by atoms with Gasteiger partial charge in [-0.15, -0.1) is 0 Å². The SMILES string of the molecule is CC(C)(C)Cc1cnc(-c2ccccc2)cc1CC(C)(C)C. The van der Waals surface area contributed by atoms with Gasteiger partial charge in [0.1, 0.15) is 0 Å². The predicted molar refractivity (Wildman–Crippen MR) is 96.0 cm³/mol. The first kappa shape index (κ1) is 16.7. The molecule has 2 rings (SSSR count). The standard InChI is InChI=1S/C21H29N/c1-20(2,3)13-17-12-19(16-10-8-7-9-11-16)22-15-18(17)14-21(4,5)6/h7-12,15H,13-14H2,1-6H3. The third-order valence-corrected chi connectivity index (χ3v) is 3.59. The van der Waals surface area contributed by atoms with Crippen molar-refractivity contribution in [2.45, 2.75) is 54.4 Å². The molecule has 0 aliphatic rings. The van der Waals surface area contributed by atoms with E-state index >= 15 is 0 Å². The molecule has 0 N–H and O–H groups in total. The molecule has 1 heteroatoms. The first-order valence-electron chi connectivity index (χ1n) is 8.17. The fraction of sp³-hybridized carbons (Fsp3) is 0.476. The molecular weight excluding hydrogens is 266 g/mol. The molecule has 1 heterocycles. The molecule has 0 saturated carbocycles. The Labute approximate surface area is 135 Å². The lowest BCUT2D eigenvalue weighted by Gasteiger charge is -2.24. The summed E-state index contributed by atoms with van der Waals surface area (Å²) in [6.45, 7) is 13.8. The van der Waals surface area contributed by atoms with Crippen molar-refractivity contribution in [1.82, 2.24) is 4.98 Å². The molecule has 0 radical (unpaired) electrons. The number of hydrogen-bond acceptors (Lipinski definition) is 1. The number of rotatable bonds is 3. The highest BCUT2D eigenvalue weighted by Crippen LogP contribution is 2.30. The topological polar surface area (TPSA) is 12.9 Å². The molecule has 1 aromatic heterocycles. The highest BCUT2D eigenvalue weighted by atomic mass is 14.7. The Morgan fingerprint density at radius 3 is 1.86 bits per heavy atom. The van der Waals surface area contributed by atoms with Crippen LogP contribution in [0.15, 0.2) is 42.6 Å². The Balaban J connectivity index is 2.43. The van der Waals surface area contributed by atoms with Gasteiger partial charge in [-0.2, -0.15) is 0 Å². The van der Waals surface area contributed by atoms with Crippen molar-refractivity contribution in [2.75, 3.05) is 0 Å². The largest absolute Gasteiger partial charge is 0.256 e. The lowest BCUT2D eigenvalue weighted by molar-refractivity contribution is 0.392. The van der Waals surface area contributed by atoms with Gasteiger partial charge in [0, 0.05) is 11.8 Å². The maximum absolute atomic E-state index is 4.72. The Kier molecular flexibility index (Phi) is 4.75. The summed E-state index contributed by atoms with van der Waals surface area (Å²) < 4.78 is 0. The molecule has 1 nitrogen and oxygen atoms in total. The van der Waals surface area contributed by atoms with Crippen LogP contribution in [-0.2, 0) is 12.8 Å². The van der Waals surface area contributed by atoms with E-state index in [1.165, 1.54) is 16.7 Å². The Morgan fingerprint density at radius 1 is 0.773 bits per heavy atom. The maximum Gasteiger partial charge on any atom is 0.0704 e. The quantitative estimate of drug-likeness (QED) is 0.684. The number of aromatic nitrogens is 1.